The van der Waals surface area contributed by atoms with Crippen LogP contribution >= 0.6 is 0 Å². The summed E-state index contributed by atoms with van der Waals surface area (Å²) in [5.74, 6) is 0. The highest BCUT2D eigenvalue weighted by molar-refractivity contribution is 7.89. The molecule has 88 valence electrons. The number of sulfonamides is 1. The van der Waals surface area contributed by atoms with Crippen LogP contribution in [0.5, 0.6) is 0 Å². The topological polar surface area (TPSA) is 84.2 Å². The number of rotatable bonds is 3. The smallest absolute Gasteiger partial charge is 0.238 e. The Morgan fingerprint density at radius 1 is 1.44 bits per heavy atom. The number of nitrogens with two attached hydrogens (primary N) is 1. The second-order valence-corrected chi connectivity index (χ2v) is 5.47. The van der Waals surface area contributed by atoms with Crippen LogP contribution in [0.4, 0.5) is 5.69 Å². The summed E-state index contributed by atoms with van der Waals surface area (Å²) in [4.78, 5) is 0.142. The van der Waals surface area contributed by atoms with E-state index in [0.29, 0.717) is 6.04 Å². The van der Waals surface area contributed by atoms with Crippen LogP contribution in [-0.2, 0) is 10.0 Å². The van der Waals surface area contributed by atoms with Gasteiger partial charge in [-0.1, -0.05) is 6.07 Å². The van der Waals surface area contributed by atoms with Crippen molar-refractivity contribution in [1.29, 1.82) is 0 Å². The number of nitrogens with one attached hydrogen (secondary N) is 2. The number of anilines is 1. The van der Waals surface area contributed by atoms with Gasteiger partial charge in [0.05, 0.1) is 4.90 Å². The Hall–Kier alpha value is -1.11. The van der Waals surface area contributed by atoms with Crippen molar-refractivity contribution in [2.45, 2.75) is 17.4 Å². The summed E-state index contributed by atoms with van der Waals surface area (Å²) in [5, 5.41) is 11.6. The van der Waals surface area contributed by atoms with Gasteiger partial charge >= 0.3 is 0 Å². The molecule has 5 nitrogen and oxygen atoms in total. The third kappa shape index (κ3) is 2.72. The van der Waals surface area contributed by atoms with Crippen LogP contribution in [0.3, 0.4) is 0 Å². The molecule has 1 aliphatic rings. The molecule has 1 atom stereocenters. The average molecular weight is 241 g/mol. The maximum atomic E-state index is 11.2. The molecule has 0 aliphatic carbocycles. The van der Waals surface area contributed by atoms with Gasteiger partial charge in [0.25, 0.3) is 0 Å². The molecule has 16 heavy (non-hydrogen) atoms. The first-order chi connectivity index (χ1) is 7.55. The Labute approximate surface area is 95.1 Å². The number of primary sulfonamides is 1. The lowest BCUT2D eigenvalue weighted by Gasteiger charge is -2.13. The molecule has 0 bridgehead atoms. The fraction of sp³-hybridized carbons (Fsp3) is 0.400. The van der Waals surface area contributed by atoms with Crippen molar-refractivity contribution in [2.24, 2.45) is 5.14 Å². The second-order valence-electron chi connectivity index (χ2n) is 3.91. The summed E-state index contributed by atoms with van der Waals surface area (Å²) in [7, 11) is -3.61. The van der Waals surface area contributed by atoms with E-state index in [4.69, 9.17) is 5.14 Å². The molecule has 1 aromatic rings. The molecule has 0 radical (unpaired) electrons. The fourth-order valence-electron chi connectivity index (χ4n) is 1.78. The van der Waals surface area contributed by atoms with Crippen LogP contribution in [0.15, 0.2) is 29.2 Å². The SMILES string of the molecule is NS(=O)(=O)c1cccc(NC2CCNC2)c1. The van der Waals surface area contributed by atoms with E-state index >= 15 is 0 Å². The normalized spacial score (nSPS) is 20.9. The molecular weight excluding hydrogens is 226 g/mol. The maximum Gasteiger partial charge on any atom is 0.238 e. The highest BCUT2D eigenvalue weighted by atomic mass is 32.2. The van der Waals surface area contributed by atoms with Gasteiger partial charge in [-0.05, 0) is 31.2 Å². The molecule has 1 aromatic carbocycles. The molecule has 1 heterocycles. The first-order valence-corrected chi connectivity index (χ1v) is 6.70. The predicted octanol–water partition coefficient (Wildman–Crippen LogP) is 0.108. The monoisotopic (exact) mass is 241 g/mol. The van der Waals surface area contributed by atoms with E-state index in [1.807, 2.05) is 6.07 Å². The standard InChI is InChI=1S/C10H15N3O2S/c11-16(14,15)10-3-1-2-8(6-10)13-9-4-5-12-7-9/h1-3,6,9,12-13H,4-5,7H2,(H2,11,14,15). The van der Waals surface area contributed by atoms with Gasteiger partial charge in [-0.15, -0.1) is 0 Å². The Bertz CT molecular complexity index is 467. The summed E-state index contributed by atoms with van der Waals surface area (Å²) in [5.41, 5.74) is 0.792. The van der Waals surface area contributed by atoms with Gasteiger partial charge < -0.3 is 10.6 Å². The number of benzene rings is 1. The molecule has 0 saturated carbocycles. The summed E-state index contributed by atoms with van der Waals surface area (Å²) >= 11 is 0. The van der Waals surface area contributed by atoms with Crippen LogP contribution in [0.25, 0.3) is 0 Å². The highest BCUT2D eigenvalue weighted by Crippen LogP contribution is 2.16. The summed E-state index contributed by atoms with van der Waals surface area (Å²) in [6.07, 6.45) is 1.04. The van der Waals surface area contributed by atoms with E-state index in [1.54, 1.807) is 12.1 Å². The van der Waals surface area contributed by atoms with E-state index in [2.05, 4.69) is 10.6 Å². The molecule has 4 N–H and O–H groups in total. The summed E-state index contributed by atoms with van der Waals surface area (Å²) < 4.78 is 22.3. The van der Waals surface area contributed by atoms with Gasteiger partial charge in [-0.25, -0.2) is 13.6 Å². The van der Waals surface area contributed by atoms with Crippen LogP contribution < -0.4 is 15.8 Å². The molecule has 1 unspecified atom stereocenters. The molecule has 1 saturated heterocycles. The number of hydrogen-bond acceptors (Lipinski definition) is 4. The minimum absolute atomic E-state index is 0.142. The Morgan fingerprint density at radius 2 is 2.25 bits per heavy atom. The quantitative estimate of drug-likeness (QED) is 0.701. The van der Waals surface area contributed by atoms with Crippen LogP contribution in [0.1, 0.15) is 6.42 Å². The van der Waals surface area contributed by atoms with Crippen molar-refractivity contribution in [3.05, 3.63) is 24.3 Å². The summed E-state index contributed by atoms with van der Waals surface area (Å²) in [6, 6.07) is 6.94. The molecule has 2 rings (SSSR count). The molecule has 6 heteroatoms. The van der Waals surface area contributed by atoms with Gasteiger partial charge in [-0.3, -0.25) is 0 Å². The zero-order valence-electron chi connectivity index (χ0n) is 8.81. The van der Waals surface area contributed by atoms with E-state index in [1.165, 1.54) is 6.07 Å². The molecular formula is C10H15N3O2S. The summed E-state index contributed by atoms with van der Waals surface area (Å²) in [6.45, 7) is 1.89. The van der Waals surface area contributed by atoms with Crippen LogP contribution in [0.2, 0.25) is 0 Å². The van der Waals surface area contributed by atoms with Gasteiger partial charge in [0, 0.05) is 18.3 Å². The third-order valence-electron chi connectivity index (χ3n) is 2.59. The highest BCUT2D eigenvalue weighted by Gasteiger charge is 2.14. The second kappa shape index (κ2) is 4.40. The van der Waals surface area contributed by atoms with E-state index < -0.39 is 10.0 Å². The van der Waals surface area contributed by atoms with Gasteiger partial charge in [0.1, 0.15) is 0 Å². The van der Waals surface area contributed by atoms with Gasteiger partial charge in [0.2, 0.25) is 10.0 Å². The molecule has 0 amide bonds. The Balaban J connectivity index is 2.16. The van der Waals surface area contributed by atoms with E-state index in [-0.39, 0.29) is 4.90 Å². The van der Waals surface area contributed by atoms with Crippen molar-refractivity contribution in [3.8, 4) is 0 Å². The van der Waals surface area contributed by atoms with E-state index in [0.717, 1.165) is 25.2 Å². The minimum Gasteiger partial charge on any atom is -0.381 e. The van der Waals surface area contributed by atoms with Crippen LogP contribution in [-0.4, -0.2) is 27.5 Å². The Morgan fingerprint density at radius 3 is 2.88 bits per heavy atom. The number of hydrogen-bond donors (Lipinski definition) is 3. The lowest BCUT2D eigenvalue weighted by atomic mass is 10.2. The van der Waals surface area contributed by atoms with Crippen molar-refractivity contribution < 1.29 is 8.42 Å². The third-order valence-corrected chi connectivity index (χ3v) is 3.50. The predicted molar refractivity (Wildman–Crippen MR) is 62.7 cm³/mol. The lowest BCUT2D eigenvalue weighted by Crippen LogP contribution is -2.22. The first kappa shape index (κ1) is 11.4. The lowest BCUT2D eigenvalue weighted by molar-refractivity contribution is 0.598. The van der Waals surface area contributed by atoms with E-state index in [9.17, 15) is 8.42 Å². The maximum absolute atomic E-state index is 11.2. The Kier molecular flexibility index (Phi) is 3.13. The van der Waals surface area contributed by atoms with Gasteiger partial charge in [-0.2, -0.15) is 0 Å². The molecule has 0 spiro atoms. The zero-order chi connectivity index (χ0) is 11.6. The van der Waals surface area contributed by atoms with Gasteiger partial charge in [0.15, 0.2) is 0 Å². The molecule has 1 aliphatic heterocycles. The molecule has 1 fully saturated rings. The molecule has 0 aromatic heterocycles. The minimum atomic E-state index is -3.61. The van der Waals surface area contributed by atoms with Crippen molar-refractivity contribution >= 4 is 15.7 Å². The fourth-order valence-corrected chi connectivity index (χ4v) is 2.34. The van der Waals surface area contributed by atoms with Crippen LogP contribution in [0, 0.1) is 0 Å². The average Bonchev–Trinajstić information content (AvgIpc) is 2.70. The van der Waals surface area contributed by atoms with Crippen molar-refractivity contribution in [3.63, 3.8) is 0 Å². The van der Waals surface area contributed by atoms with Crippen molar-refractivity contribution in [2.75, 3.05) is 18.4 Å². The first-order valence-electron chi connectivity index (χ1n) is 5.16. The largest absolute Gasteiger partial charge is 0.381 e. The zero-order valence-corrected chi connectivity index (χ0v) is 9.63. The van der Waals surface area contributed by atoms with Crippen molar-refractivity contribution in [1.82, 2.24) is 5.32 Å².